The van der Waals surface area contributed by atoms with Crippen LogP contribution < -0.4 is 5.32 Å². The summed E-state index contributed by atoms with van der Waals surface area (Å²) in [5.41, 5.74) is 1.14. The Balaban J connectivity index is 2.35. The monoisotopic (exact) mass is 229 g/mol. The number of halogens is 1. The van der Waals surface area contributed by atoms with Crippen LogP contribution in [-0.2, 0) is 10.5 Å². The molecule has 0 heterocycles. The number of carbonyl (C=O) groups excluding carboxylic acids is 1. The normalized spacial score (nSPS) is 9.86. The van der Waals surface area contributed by atoms with E-state index in [-0.39, 0.29) is 5.91 Å². The molecule has 0 spiro atoms. The third-order valence-electron chi connectivity index (χ3n) is 1.67. The summed E-state index contributed by atoms with van der Waals surface area (Å²) < 4.78 is 0. The van der Waals surface area contributed by atoms with E-state index >= 15 is 0 Å². The fourth-order valence-electron chi connectivity index (χ4n) is 0.960. The highest BCUT2D eigenvalue weighted by Gasteiger charge is 1.99. The Hall–Kier alpha value is -0.670. The molecule has 0 fully saturated rings. The van der Waals surface area contributed by atoms with E-state index < -0.39 is 0 Å². The van der Waals surface area contributed by atoms with Gasteiger partial charge in [0.25, 0.3) is 0 Å². The highest BCUT2D eigenvalue weighted by Crippen LogP contribution is 2.16. The fraction of sp³-hybridized carbons (Fsp3) is 0.300. The number of nitrogens with one attached hydrogen (secondary N) is 1. The van der Waals surface area contributed by atoms with Crippen molar-refractivity contribution in [1.29, 1.82) is 0 Å². The first-order valence-electron chi connectivity index (χ1n) is 4.25. The van der Waals surface area contributed by atoms with E-state index in [0.717, 1.165) is 16.3 Å². The zero-order valence-electron chi connectivity index (χ0n) is 7.92. The molecule has 1 N–H and O–H groups in total. The predicted octanol–water partition coefficient (Wildman–Crippen LogP) is 2.32. The van der Waals surface area contributed by atoms with Crippen LogP contribution in [0.2, 0.25) is 5.02 Å². The van der Waals surface area contributed by atoms with Crippen molar-refractivity contribution >= 4 is 29.3 Å². The van der Waals surface area contributed by atoms with Crippen LogP contribution in [0.4, 0.5) is 0 Å². The van der Waals surface area contributed by atoms with Crippen LogP contribution in [0.25, 0.3) is 0 Å². The molecule has 2 nitrogen and oxygen atoms in total. The smallest absolute Gasteiger partial charge is 0.229 e. The highest BCUT2D eigenvalue weighted by molar-refractivity contribution is 7.99. The molecule has 0 saturated carbocycles. The van der Waals surface area contributed by atoms with Gasteiger partial charge in [-0.15, -0.1) is 11.8 Å². The maximum Gasteiger partial charge on any atom is 0.229 e. The van der Waals surface area contributed by atoms with Crippen LogP contribution in [-0.4, -0.2) is 18.7 Å². The van der Waals surface area contributed by atoms with Gasteiger partial charge in [-0.25, -0.2) is 0 Å². The Morgan fingerprint density at radius 1 is 1.57 bits per heavy atom. The SMILES string of the molecule is CNC(=O)CSCc1cccc(Cl)c1. The van der Waals surface area contributed by atoms with Crippen molar-refractivity contribution in [2.24, 2.45) is 0 Å². The molecule has 0 bridgehead atoms. The van der Waals surface area contributed by atoms with Crippen molar-refractivity contribution in [1.82, 2.24) is 5.32 Å². The van der Waals surface area contributed by atoms with E-state index in [9.17, 15) is 4.79 Å². The van der Waals surface area contributed by atoms with Crippen LogP contribution >= 0.6 is 23.4 Å². The summed E-state index contributed by atoms with van der Waals surface area (Å²) in [5.74, 6) is 1.36. The van der Waals surface area contributed by atoms with Crippen molar-refractivity contribution in [2.45, 2.75) is 5.75 Å². The second kappa shape index (κ2) is 5.94. The lowest BCUT2D eigenvalue weighted by molar-refractivity contribution is -0.118. The van der Waals surface area contributed by atoms with E-state index in [0.29, 0.717) is 5.75 Å². The van der Waals surface area contributed by atoms with Gasteiger partial charge in [-0.3, -0.25) is 4.79 Å². The van der Waals surface area contributed by atoms with Gasteiger partial charge in [-0.05, 0) is 17.7 Å². The summed E-state index contributed by atoms with van der Waals surface area (Å²) in [6.45, 7) is 0. The molecule has 76 valence electrons. The number of rotatable bonds is 4. The van der Waals surface area contributed by atoms with E-state index in [2.05, 4.69) is 5.32 Å². The maximum absolute atomic E-state index is 10.9. The Morgan fingerprint density at radius 2 is 2.36 bits per heavy atom. The Morgan fingerprint density at radius 3 is 3.00 bits per heavy atom. The molecule has 1 aromatic carbocycles. The quantitative estimate of drug-likeness (QED) is 0.859. The summed E-state index contributed by atoms with van der Waals surface area (Å²) in [6.07, 6.45) is 0. The largest absolute Gasteiger partial charge is 0.358 e. The van der Waals surface area contributed by atoms with Gasteiger partial charge >= 0.3 is 0 Å². The van der Waals surface area contributed by atoms with E-state index in [1.807, 2.05) is 24.3 Å². The molecule has 1 amide bonds. The van der Waals surface area contributed by atoms with Crippen molar-refractivity contribution < 1.29 is 4.79 Å². The molecule has 0 aromatic heterocycles. The molecular formula is C10H12ClNOS. The van der Waals surface area contributed by atoms with Crippen molar-refractivity contribution in [2.75, 3.05) is 12.8 Å². The van der Waals surface area contributed by atoms with E-state index in [4.69, 9.17) is 11.6 Å². The molecule has 4 heteroatoms. The minimum Gasteiger partial charge on any atom is -0.358 e. The molecular weight excluding hydrogens is 218 g/mol. The third kappa shape index (κ3) is 4.03. The van der Waals surface area contributed by atoms with Gasteiger partial charge in [-0.2, -0.15) is 0 Å². The second-order valence-electron chi connectivity index (χ2n) is 2.80. The van der Waals surface area contributed by atoms with E-state index in [1.54, 1.807) is 18.8 Å². The van der Waals surface area contributed by atoms with Crippen LogP contribution in [0.15, 0.2) is 24.3 Å². The number of hydrogen-bond donors (Lipinski definition) is 1. The number of benzene rings is 1. The topological polar surface area (TPSA) is 29.1 Å². The van der Waals surface area contributed by atoms with Gasteiger partial charge in [0.15, 0.2) is 0 Å². The molecule has 14 heavy (non-hydrogen) atoms. The Kier molecular flexibility index (Phi) is 4.84. The highest BCUT2D eigenvalue weighted by atomic mass is 35.5. The zero-order valence-corrected chi connectivity index (χ0v) is 9.49. The van der Waals surface area contributed by atoms with Crippen LogP contribution in [0.1, 0.15) is 5.56 Å². The van der Waals surface area contributed by atoms with Gasteiger partial charge in [0.05, 0.1) is 5.75 Å². The number of amides is 1. The average Bonchev–Trinajstić information content (AvgIpc) is 2.17. The minimum absolute atomic E-state index is 0.0528. The predicted molar refractivity (Wildman–Crippen MR) is 61.7 cm³/mol. The molecule has 0 saturated heterocycles. The molecule has 0 unspecified atom stereocenters. The third-order valence-corrected chi connectivity index (χ3v) is 2.91. The zero-order chi connectivity index (χ0) is 10.4. The van der Waals surface area contributed by atoms with Crippen molar-refractivity contribution in [3.63, 3.8) is 0 Å². The van der Waals surface area contributed by atoms with Gasteiger partial charge in [0.2, 0.25) is 5.91 Å². The summed E-state index contributed by atoms with van der Waals surface area (Å²) in [6, 6.07) is 7.67. The van der Waals surface area contributed by atoms with Gasteiger partial charge < -0.3 is 5.32 Å². The summed E-state index contributed by atoms with van der Waals surface area (Å²) >= 11 is 7.40. The Labute approximate surface area is 93.0 Å². The lowest BCUT2D eigenvalue weighted by Gasteiger charge is -2.01. The van der Waals surface area contributed by atoms with Crippen LogP contribution in [0, 0.1) is 0 Å². The molecule has 0 atom stereocenters. The standard InChI is InChI=1S/C10H12ClNOS/c1-12-10(13)7-14-6-8-3-2-4-9(11)5-8/h2-5H,6-7H2,1H3,(H,12,13). The average molecular weight is 230 g/mol. The second-order valence-corrected chi connectivity index (χ2v) is 4.22. The molecule has 1 aromatic rings. The Bertz CT molecular complexity index is 317. The molecule has 0 aliphatic heterocycles. The first-order valence-corrected chi connectivity index (χ1v) is 5.78. The van der Waals surface area contributed by atoms with Gasteiger partial charge in [-0.1, -0.05) is 23.7 Å². The first kappa shape index (κ1) is 11.4. The maximum atomic E-state index is 10.9. The lowest BCUT2D eigenvalue weighted by Crippen LogP contribution is -2.19. The summed E-state index contributed by atoms with van der Waals surface area (Å²) in [5, 5.41) is 3.32. The summed E-state index contributed by atoms with van der Waals surface area (Å²) in [4.78, 5) is 10.9. The van der Waals surface area contributed by atoms with E-state index in [1.165, 1.54) is 0 Å². The number of hydrogen-bond acceptors (Lipinski definition) is 2. The molecule has 0 radical (unpaired) electrons. The first-order chi connectivity index (χ1) is 6.72. The van der Waals surface area contributed by atoms with Crippen molar-refractivity contribution in [3.05, 3.63) is 34.9 Å². The van der Waals surface area contributed by atoms with Gasteiger partial charge in [0.1, 0.15) is 0 Å². The number of thioether (sulfide) groups is 1. The fourth-order valence-corrected chi connectivity index (χ4v) is 2.02. The minimum atomic E-state index is 0.0528. The van der Waals surface area contributed by atoms with Crippen LogP contribution in [0.3, 0.4) is 0 Å². The van der Waals surface area contributed by atoms with Gasteiger partial charge in [0, 0.05) is 17.8 Å². The lowest BCUT2D eigenvalue weighted by atomic mass is 10.2. The molecule has 0 aliphatic rings. The molecule has 1 rings (SSSR count). The number of carbonyl (C=O) groups is 1. The molecule has 0 aliphatic carbocycles. The van der Waals surface area contributed by atoms with Crippen LogP contribution in [0.5, 0.6) is 0 Å². The van der Waals surface area contributed by atoms with Crippen molar-refractivity contribution in [3.8, 4) is 0 Å². The summed E-state index contributed by atoms with van der Waals surface area (Å²) in [7, 11) is 1.64.